The van der Waals surface area contributed by atoms with Gasteiger partial charge < -0.3 is 24.8 Å². The number of nitrogens with one attached hydrogen (secondary N) is 2. The molecule has 25 heavy (non-hydrogen) atoms. The topological polar surface area (TPSA) is 68.8 Å². The lowest BCUT2D eigenvalue weighted by atomic mass is 9.95. The highest BCUT2D eigenvalue weighted by molar-refractivity contribution is 7.80. The van der Waals surface area contributed by atoms with E-state index < -0.39 is 18.6 Å². The molecule has 2 N–H and O–H groups in total. The zero-order valence-corrected chi connectivity index (χ0v) is 14.7. The fourth-order valence-electron chi connectivity index (χ4n) is 2.48. The lowest BCUT2D eigenvalue weighted by Gasteiger charge is -2.30. The van der Waals surface area contributed by atoms with Crippen LogP contribution in [0.15, 0.2) is 29.5 Å². The minimum absolute atomic E-state index is 0.101. The van der Waals surface area contributed by atoms with Crippen molar-refractivity contribution in [2.24, 2.45) is 0 Å². The van der Waals surface area contributed by atoms with Crippen molar-refractivity contribution >= 4 is 23.3 Å². The summed E-state index contributed by atoms with van der Waals surface area (Å²) in [6, 6.07) is 3.81. The van der Waals surface area contributed by atoms with Crippen LogP contribution in [-0.4, -0.2) is 31.4 Å². The number of rotatable bonds is 6. The van der Waals surface area contributed by atoms with Crippen LogP contribution in [0.3, 0.4) is 0 Å². The zero-order valence-electron chi connectivity index (χ0n) is 13.9. The second-order valence-electron chi connectivity index (χ2n) is 5.08. The van der Waals surface area contributed by atoms with Gasteiger partial charge in [-0.05, 0) is 43.8 Å². The molecule has 0 unspecified atom stereocenters. The number of allylic oxidation sites excluding steroid dienone is 1. The van der Waals surface area contributed by atoms with Crippen LogP contribution in [0.25, 0.3) is 0 Å². The number of carbonyl (C=O) groups excluding carboxylic acids is 1. The Morgan fingerprint density at radius 2 is 2.08 bits per heavy atom. The maximum absolute atomic E-state index is 12.5. The molecule has 0 spiro atoms. The molecular weight excluding hydrogens is 354 g/mol. The van der Waals surface area contributed by atoms with Gasteiger partial charge in [-0.2, -0.15) is 8.78 Å². The highest BCUT2D eigenvalue weighted by atomic mass is 32.1. The van der Waals surface area contributed by atoms with Crippen molar-refractivity contribution in [1.29, 1.82) is 0 Å². The van der Waals surface area contributed by atoms with Crippen molar-refractivity contribution in [3.63, 3.8) is 0 Å². The van der Waals surface area contributed by atoms with Crippen molar-refractivity contribution < 1.29 is 27.8 Å². The molecule has 1 heterocycles. The Kier molecular flexibility index (Phi) is 6.13. The van der Waals surface area contributed by atoms with E-state index in [4.69, 9.17) is 21.7 Å². The van der Waals surface area contributed by atoms with E-state index >= 15 is 0 Å². The average Bonchev–Trinajstić information content (AvgIpc) is 2.54. The Labute approximate surface area is 149 Å². The van der Waals surface area contributed by atoms with Crippen LogP contribution in [0.2, 0.25) is 0 Å². The van der Waals surface area contributed by atoms with Crippen molar-refractivity contribution in [3.8, 4) is 11.5 Å². The monoisotopic (exact) mass is 372 g/mol. The minimum atomic E-state index is -2.97. The summed E-state index contributed by atoms with van der Waals surface area (Å²) in [5, 5.41) is 6.20. The maximum atomic E-state index is 12.5. The molecule has 9 heteroatoms. The number of ether oxygens (including phenoxy) is 3. The molecule has 0 amide bonds. The lowest BCUT2D eigenvalue weighted by Crippen LogP contribution is -2.45. The molecule has 1 aliphatic rings. The molecule has 6 nitrogen and oxygen atoms in total. The van der Waals surface area contributed by atoms with Gasteiger partial charge in [0.15, 0.2) is 16.6 Å². The van der Waals surface area contributed by atoms with Gasteiger partial charge in [-0.3, -0.25) is 0 Å². The van der Waals surface area contributed by atoms with E-state index in [2.05, 4.69) is 15.4 Å². The molecule has 1 aromatic carbocycles. The molecule has 1 aromatic rings. The van der Waals surface area contributed by atoms with Gasteiger partial charge in [-0.25, -0.2) is 4.79 Å². The summed E-state index contributed by atoms with van der Waals surface area (Å²) >= 11 is 5.14. The summed E-state index contributed by atoms with van der Waals surface area (Å²) in [6.45, 7) is 0.660. The molecule has 1 aliphatic heterocycles. The Hall–Kier alpha value is -2.42. The number of carbonyl (C=O) groups is 1. The second kappa shape index (κ2) is 8.11. The smallest absolute Gasteiger partial charge is 0.387 e. The molecular formula is C16H18F2N2O4S. The molecule has 0 radical (unpaired) electrons. The van der Waals surface area contributed by atoms with Gasteiger partial charge in [-0.15, -0.1) is 0 Å². The number of esters is 1. The normalized spacial score (nSPS) is 17.0. The molecule has 0 aliphatic carbocycles. The summed E-state index contributed by atoms with van der Waals surface area (Å²) in [5.41, 5.74) is 1.49. The first-order chi connectivity index (χ1) is 11.9. The fourth-order valence-corrected chi connectivity index (χ4v) is 2.75. The van der Waals surface area contributed by atoms with E-state index in [9.17, 15) is 13.6 Å². The van der Waals surface area contributed by atoms with Crippen LogP contribution in [0, 0.1) is 0 Å². The predicted molar refractivity (Wildman–Crippen MR) is 90.6 cm³/mol. The Balaban J connectivity index is 2.44. The van der Waals surface area contributed by atoms with Gasteiger partial charge >= 0.3 is 12.6 Å². The molecule has 2 rings (SSSR count). The van der Waals surface area contributed by atoms with Gasteiger partial charge in [0.1, 0.15) is 0 Å². The second-order valence-corrected chi connectivity index (χ2v) is 5.49. The largest absolute Gasteiger partial charge is 0.493 e. The van der Waals surface area contributed by atoms with Crippen LogP contribution in [0.5, 0.6) is 11.5 Å². The van der Waals surface area contributed by atoms with Crippen molar-refractivity contribution in [3.05, 3.63) is 35.0 Å². The number of methoxy groups -OCH3 is 1. The van der Waals surface area contributed by atoms with Gasteiger partial charge in [0, 0.05) is 5.70 Å². The number of benzene rings is 1. The van der Waals surface area contributed by atoms with E-state index in [0.717, 1.165) is 0 Å². The molecule has 136 valence electrons. The van der Waals surface area contributed by atoms with E-state index in [1.54, 1.807) is 19.9 Å². The molecule has 0 saturated carbocycles. The van der Waals surface area contributed by atoms with Gasteiger partial charge in [0.05, 0.1) is 25.3 Å². The first-order valence-corrected chi connectivity index (χ1v) is 7.86. The average molecular weight is 372 g/mol. The summed E-state index contributed by atoms with van der Waals surface area (Å²) in [7, 11) is 1.34. The Bertz CT molecular complexity index is 709. The summed E-state index contributed by atoms with van der Waals surface area (Å²) in [5.74, 6) is -0.486. The van der Waals surface area contributed by atoms with Crippen molar-refractivity contribution in [1.82, 2.24) is 10.6 Å². The van der Waals surface area contributed by atoms with Gasteiger partial charge in [-0.1, -0.05) is 6.07 Å². The molecule has 0 aromatic heterocycles. The highest BCUT2D eigenvalue weighted by Gasteiger charge is 2.31. The third-order valence-corrected chi connectivity index (χ3v) is 3.72. The summed E-state index contributed by atoms with van der Waals surface area (Å²) in [4.78, 5) is 12.3. The summed E-state index contributed by atoms with van der Waals surface area (Å²) < 4.78 is 39.5. The minimum Gasteiger partial charge on any atom is -0.493 e. The highest BCUT2D eigenvalue weighted by Crippen LogP contribution is 2.35. The third-order valence-electron chi connectivity index (χ3n) is 3.50. The van der Waals surface area contributed by atoms with Crippen LogP contribution >= 0.6 is 12.2 Å². The van der Waals surface area contributed by atoms with E-state index in [1.807, 2.05) is 0 Å². The van der Waals surface area contributed by atoms with Crippen LogP contribution in [-0.2, 0) is 9.53 Å². The number of hydrogen-bond donors (Lipinski definition) is 2. The van der Waals surface area contributed by atoms with Crippen molar-refractivity contribution in [2.75, 3.05) is 13.7 Å². The number of alkyl halides is 2. The lowest BCUT2D eigenvalue weighted by molar-refractivity contribution is -0.139. The molecule has 1 atom stereocenters. The Morgan fingerprint density at radius 1 is 1.36 bits per heavy atom. The predicted octanol–water partition coefficient (Wildman–Crippen LogP) is 2.65. The van der Waals surface area contributed by atoms with Gasteiger partial charge in [0.25, 0.3) is 0 Å². The summed E-state index contributed by atoms with van der Waals surface area (Å²) in [6.07, 6.45) is 0. The molecule has 0 saturated heterocycles. The van der Waals surface area contributed by atoms with E-state index in [0.29, 0.717) is 21.9 Å². The standard InChI is InChI=1S/C16H18F2N2O4S/c1-4-23-14(21)12-8(2)19-16(25)20-13(12)9-5-6-10(24-15(17)18)11(7-9)22-3/h5-7,13,15H,4H2,1-3H3,(H2,19,20,25)/t13-/m1/s1. The fraction of sp³-hybridized carbons (Fsp3) is 0.375. The van der Waals surface area contributed by atoms with Crippen LogP contribution < -0.4 is 20.1 Å². The SMILES string of the molecule is CCOC(=O)C1=C(C)NC(=S)N[C@@H]1c1ccc(OC(F)F)c(OC)c1. The third kappa shape index (κ3) is 4.36. The van der Waals surface area contributed by atoms with Gasteiger partial charge in [0.2, 0.25) is 0 Å². The quantitative estimate of drug-likeness (QED) is 0.588. The number of thiocarbonyl (C=S) groups is 1. The molecule has 0 fully saturated rings. The Morgan fingerprint density at radius 3 is 2.68 bits per heavy atom. The van der Waals surface area contributed by atoms with E-state index in [1.165, 1.54) is 19.2 Å². The van der Waals surface area contributed by atoms with E-state index in [-0.39, 0.29) is 18.1 Å². The van der Waals surface area contributed by atoms with Crippen LogP contribution in [0.4, 0.5) is 8.78 Å². The first kappa shape index (κ1) is 18.9. The van der Waals surface area contributed by atoms with Crippen molar-refractivity contribution in [2.45, 2.75) is 26.5 Å². The number of hydrogen-bond acceptors (Lipinski definition) is 5. The zero-order chi connectivity index (χ0) is 18.6. The molecule has 0 bridgehead atoms. The number of halogens is 2. The first-order valence-electron chi connectivity index (χ1n) is 7.45. The van der Waals surface area contributed by atoms with Crippen LogP contribution in [0.1, 0.15) is 25.5 Å². The maximum Gasteiger partial charge on any atom is 0.387 e.